The lowest BCUT2D eigenvalue weighted by atomic mass is 10.1. The molecule has 0 amide bonds. The molecule has 11 heteroatoms. The third kappa shape index (κ3) is 5.97. The molecule has 0 bridgehead atoms. The van der Waals surface area contributed by atoms with Crippen LogP contribution in [0.5, 0.6) is 0 Å². The van der Waals surface area contributed by atoms with Crippen LogP contribution in [0.3, 0.4) is 0 Å². The molecular formula is C19H35F2N3O4Si2. The highest BCUT2D eigenvalue weighted by molar-refractivity contribution is 6.71. The molecule has 1 aromatic heterocycles. The van der Waals surface area contributed by atoms with Crippen molar-refractivity contribution in [1.82, 2.24) is 9.55 Å². The number of hydrogen-bond acceptors (Lipinski definition) is 6. The molecule has 0 saturated carbocycles. The molecule has 30 heavy (non-hydrogen) atoms. The van der Waals surface area contributed by atoms with Crippen molar-refractivity contribution >= 4 is 22.5 Å². The Morgan fingerprint density at radius 2 is 1.80 bits per heavy atom. The maximum absolute atomic E-state index is 15.5. The Morgan fingerprint density at radius 1 is 1.20 bits per heavy atom. The summed E-state index contributed by atoms with van der Waals surface area (Å²) in [7, 11) is -4.38. The summed E-state index contributed by atoms with van der Waals surface area (Å²) in [5, 5.41) is 0. The van der Waals surface area contributed by atoms with E-state index >= 15 is 8.78 Å². The Morgan fingerprint density at radius 3 is 2.37 bits per heavy atom. The second kappa shape index (κ2) is 9.55. The smallest absolute Gasteiger partial charge is 0.351 e. The normalized spacial score (nSPS) is 24.3. The van der Waals surface area contributed by atoms with Gasteiger partial charge in [0, 0.05) is 6.20 Å². The monoisotopic (exact) mass is 463 g/mol. The van der Waals surface area contributed by atoms with E-state index in [9.17, 15) is 4.79 Å². The predicted molar refractivity (Wildman–Crippen MR) is 118 cm³/mol. The molecule has 3 unspecified atom stereocenters. The minimum Gasteiger partial charge on any atom is -0.415 e. The second-order valence-electron chi connectivity index (χ2n) is 9.11. The zero-order chi connectivity index (χ0) is 22.7. The number of rotatable bonds is 10. The molecule has 7 nitrogen and oxygen atoms in total. The van der Waals surface area contributed by atoms with E-state index in [1.54, 1.807) is 0 Å². The topological polar surface area (TPSA) is 88.6 Å². The minimum absolute atomic E-state index is 0.00371. The van der Waals surface area contributed by atoms with E-state index in [0.717, 1.165) is 29.5 Å². The van der Waals surface area contributed by atoms with Crippen molar-refractivity contribution < 1.29 is 22.4 Å². The Labute approximate surface area is 179 Å². The average Bonchev–Trinajstić information content (AvgIpc) is 2.84. The van der Waals surface area contributed by atoms with E-state index in [2.05, 4.69) is 25.0 Å². The lowest BCUT2D eigenvalue weighted by molar-refractivity contribution is -0.137. The Balaban J connectivity index is 2.35. The van der Waals surface area contributed by atoms with Gasteiger partial charge in [-0.1, -0.05) is 26.7 Å². The summed E-state index contributed by atoms with van der Waals surface area (Å²) in [6, 6.07) is 2.97. The molecule has 1 saturated heterocycles. The number of ether oxygens (including phenoxy) is 1. The number of hydrogen-bond donors (Lipinski definition) is 1. The molecule has 0 aliphatic carbocycles. The molecule has 172 valence electrons. The second-order valence-corrected chi connectivity index (χ2v) is 17.7. The number of anilines is 1. The molecule has 1 aromatic rings. The van der Waals surface area contributed by atoms with Crippen LogP contribution in [-0.2, 0) is 13.6 Å². The van der Waals surface area contributed by atoms with Gasteiger partial charge in [0.05, 0.1) is 6.61 Å². The molecular weight excluding hydrogens is 428 g/mol. The summed E-state index contributed by atoms with van der Waals surface area (Å²) in [6.45, 7) is 12.0. The molecule has 2 N–H and O–H groups in total. The lowest BCUT2D eigenvalue weighted by Gasteiger charge is -2.33. The lowest BCUT2D eigenvalue weighted by Crippen LogP contribution is -2.50. The number of nitrogens with zero attached hydrogens (tertiary/aromatic N) is 2. The summed E-state index contributed by atoms with van der Waals surface area (Å²) >= 11 is 0. The number of halogens is 2. The van der Waals surface area contributed by atoms with Crippen molar-refractivity contribution in [2.24, 2.45) is 0 Å². The number of aromatic nitrogens is 2. The fourth-order valence-corrected chi connectivity index (χ4v) is 8.12. The number of alkyl halides is 2. The summed E-state index contributed by atoms with van der Waals surface area (Å²) in [5.74, 6) is -3.46. The Bertz CT molecular complexity index is 776. The summed E-state index contributed by atoms with van der Waals surface area (Å²) in [5.41, 5.74) is 4.62. The van der Waals surface area contributed by atoms with Crippen LogP contribution in [0, 0.1) is 0 Å². The zero-order valence-corrected chi connectivity index (χ0v) is 20.8. The van der Waals surface area contributed by atoms with Crippen molar-refractivity contribution in [3.05, 3.63) is 22.7 Å². The van der Waals surface area contributed by atoms with Crippen molar-refractivity contribution in [1.29, 1.82) is 0 Å². The molecule has 2 heterocycles. The van der Waals surface area contributed by atoms with E-state index in [1.807, 2.05) is 20.0 Å². The van der Waals surface area contributed by atoms with E-state index in [4.69, 9.17) is 19.3 Å². The van der Waals surface area contributed by atoms with Gasteiger partial charge in [-0.2, -0.15) is 13.8 Å². The van der Waals surface area contributed by atoms with Gasteiger partial charge in [-0.3, -0.25) is 4.57 Å². The molecule has 1 fully saturated rings. The van der Waals surface area contributed by atoms with Gasteiger partial charge in [-0.15, -0.1) is 0 Å². The van der Waals surface area contributed by atoms with Crippen molar-refractivity contribution in [3.8, 4) is 0 Å². The van der Waals surface area contributed by atoms with Gasteiger partial charge in [0.2, 0.25) is 6.23 Å². The fourth-order valence-electron chi connectivity index (χ4n) is 3.84. The van der Waals surface area contributed by atoms with Gasteiger partial charge < -0.3 is 19.3 Å². The number of nitrogens with two attached hydrogens (primary N) is 1. The van der Waals surface area contributed by atoms with Crippen LogP contribution in [0.1, 0.15) is 32.9 Å². The van der Waals surface area contributed by atoms with Crippen LogP contribution in [0.4, 0.5) is 14.6 Å². The summed E-state index contributed by atoms with van der Waals surface area (Å²) in [4.78, 5) is 15.8. The molecule has 2 rings (SSSR count). The molecule has 1 aliphatic rings. The van der Waals surface area contributed by atoms with Gasteiger partial charge in [0.15, 0.2) is 16.6 Å². The van der Waals surface area contributed by atoms with Crippen molar-refractivity contribution in [2.75, 3.05) is 12.3 Å². The highest BCUT2D eigenvalue weighted by Crippen LogP contribution is 2.45. The van der Waals surface area contributed by atoms with Crippen molar-refractivity contribution in [3.63, 3.8) is 0 Å². The van der Waals surface area contributed by atoms with Gasteiger partial charge in [-0.25, -0.2) is 4.79 Å². The summed E-state index contributed by atoms with van der Waals surface area (Å²) in [6.07, 6.45) is -1.30. The first-order chi connectivity index (χ1) is 13.8. The van der Waals surface area contributed by atoms with Crippen LogP contribution in [-0.4, -0.2) is 50.9 Å². The Kier molecular flexibility index (Phi) is 8.00. The number of nitrogen functional groups attached to an aromatic ring is 1. The molecule has 0 radical (unpaired) electrons. The van der Waals surface area contributed by atoms with Crippen molar-refractivity contribution in [2.45, 2.75) is 89.3 Å². The SMILES string of the molecule is CCC[Si](C)(C)OCC1OC(n2ccc(N)nc2=O)C(F)(F)C1O[Si](C)(C)CCC. The van der Waals surface area contributed by atoms with Gasteiger partial charge >= 0.3 is 11.6 Å². The minimum atomic E-state index is -3.43. The molecule has 3 atom stereocenters. The van der Waals surface area contributed by atoms with E-state index in [-0.39, 0.29) is 12.4 Å². The largest absolute Gasteiger partial charge is 0.415 e. The van der Waals surface area contributed by atoms with Crippen LogP contribution in [0.2, 0.25) is 38.3 Å². The molecule has 0 spiro atoms. The van der Waals surface area contributed by atoms with E-state index < -0.39 is 46.7 Å². The first-order valence-corrected chi connectivity index (χ1v) is 16.8. The van der Waals surface area contributed by atoms with E-state index in [0.29, 0.717) is 0 Å². The molecule has 0 aromatic carbocycles. The fraction of sp³-hybridized carbons (Fsp3) is 0.789. The summed E-state index contributed by atoms with van der Waals surface area (Å²) < 4.78 is 49.7. The van der Waals surface area contributed by atoms with Gasteiger partial charge in [0.25, 0.3) is 0 Å². The maximum atomic E-state index is 15.5. The first kappa shape index (κ1) is 25.1. The average molecular weight is 464 g/mol. The predicted octanol–water partition coefficient (Wildman–Crippen LogP) is 3.99. The van der Waals surface area contributed by atoms with Gasteiger partial charge in [-0.05, 0) is 44.3 Å². The van der Waals surface area contributed by atoms with Crippen LogP contribution >= 0.6 is 0 Å². The van der Waals surface area contributed by atoms with Crippen LogP contribution in [0.15, 0.2) is 17.1 Å². The zero-order valence-electron chi connectivity index (χ0n) is 18.8. The third-order valence-electron chi connectivity index (χ3n) is 5.24. The highest BCUT2D eigenvalue weighted by atomic mass is 28.4. The van der Waals surface area contributed by atoms with E-state index in [1.165, 1.54) is 12.3 Å². The van der Waals surface area contributed by atoms with Crippen LogP contribution < -0.4 is 11.4 Å². The Hall–Kier alpha value is -1.15. The maximum Gasteiger partial charge on any atom is 0.351 e. The highest BCUT2D eigenvalue weighted by Gasteiger charge is 2.62. The third-order valence-corrected chi connectivity index (χ3v) is 10.5. The van der Waals surface area contributed by atoms with Crippen LogP contribution in [0.25, 0.3) is 0 Å². The quantitative estimate of drug-likeness (QED) is 0.528. The molecule has 1 aliphatic heterocycles. The first-order valence-electron chi connectivity index (χ1n) is 10.5. The van der Waals surface area contributed by atoms with Gasteiger partial charge in [0.1, 0.15) is 18.0 Å². The standard InChI is InChI=1S/C19H35F2N3O4Si2/c1-7-11-29(3,4)26-13-14-16(28-30(5,6)12-8-2)19(20,21)17(27-14)24-10-9-15(22)23-18(24)25/h9-10,14,16-17H,7-8,11-13H2,1-6H3,(H2,22,23,25).